The van der Waals surface area contributed by atoms with Crippen LogP contribution in [0, 0.1) is 12.3 Å². The first-order chi connectivity index (χ1) is 14.5. The lowest BCUT2D eigenvalue weighted by Crippen LogP contribution is -2.55. The van der Waals surface area contributed by atoms with Crippen LogP contribution in [0.5, 0.6) is 0 Å². The minimum atomic E-state index is -1.22. The Balaban J connectivity index is 1.61. The fourth-order valence-electron chi connectivity index (χ4n) is 3.07. The Labute approximate surface area is 184 Å². The average molecular weight is 466 g/mol. The number of halogens is 1. The molecule has 0 amide bonds. The first-order valence-electron chi connectivity index (χ1n) is 8.74. The molecule has 4 heterocycles. The van der Waals surface area contributed by atoms with Crippen molar-refractivity contribution in [1.82, 2.24) is 25.0 Å². The quantitative estimate of drug-likeness (QED) is 0.476. The number of thiazole rings is 1. The minimum Gasteiger partial charge on any atom is -0.394 e. The van der Waals surface area contributed by atoms with E-state index in [0.717, 1.165) is 0 Å². The first kappa shape index (κ1) is 21.2. The molecule has 1 aliphatic rings. The van der Waals surface area contributed by atoms with Crippen LogP contribution in [-0.4, -0.2) is 70.6 Å². The van der Waals surface area contributed by atoms with Gasteiger partial charge in [-0.3, -0.25) is 4.98 Å². The summed E-state index contributed by atoms with van der Waals surface area (Å²) >= 11 is 8.35. The molecule has 0 saturated carbocycles. The molecule has 3 aromatic heterocycles. The maximum absolute atomic E-state index is 11.0. The van der Waals surface area contributed by atoms with E-state index in [1.807, 2.05) is 0 Å². The summed E-state index contributed by atoms with van der Waals surface area (Å²) in [6.07, 6.45) is 6.80. The standard InChI is InChI=1S/C18H16ClN5O4S2/c1-2-9-3-10(5-20-4-9)30-18-16(27)14(15(26)12(7-25)28-18)24-6-11(22-23-24)17-21-13(19)8-29-17/h1,3-6,8,12,14-16,18,25-27H,7H2. The Kier molecular flexibility index (Phi) is 6.35. The maximum atomic E-state index is 11.0. The summed E-state index contributed by atoms with van der Waals surface area (Å²) in [6, 6.07) is 0.829. The topological polar surface area (TPSA) is 126 Å². The molecular formula is C18H16ClN5O4S2. The molecule has 3 N–H and O–H groups in total. The van der Waals surface area contributed by atoms with Crippen LogP contribution >= 0.6 is 34.7 Å². The third kappa shape index (κ3) is 4.21. The van der Waals surface area contributed by atoms with E-state index < -0.39 is 36.4 Å². The minimum absolute atomic E-state index is 0.343. The smallest absolute Gasteiger partial charge is 0.147 e. The number of thioether (sulfide) groups is 1. The van der Waals surface area contributed by atoms with Crippen LogP contribution in [0.4, 0.5) is 0 Å². The van der Waals surface area contributed by atoms with Crippen molar-refractivity contribution < 1.29 is 20.1 Å². The monoisotopic (exact) mass is 465 g/mol. The van der Waals surface area contributed by atoms with Gasteiger partial charge >= 0.3 is 0 Å². The highest BCUT2D eigenvalue weighted by atomic mass is 35.5. The number of nitrogens with zero attached hydrogens (tertiary/aromatic N) is 5. The number of ether oxygens (including phenoxy) is 1. The highest BCUT2D eigenvalue weighted by molar-refractivity contribution is 7.99. The summed E-state index contributed by atoms with van der Waals surface area (Å²) in [6.45, 7) is -0.437. The number of rotatable bonds is 5. The highest BCUT2D eigenvalue weighted by Gasteiger charge is 2.46. The molecule has 12 heteroatoms. The van der Waals surface area contributed by atoms with Crippen molar-refractivity contribution in [3.05, 3.63) is 40.8 Å². The molecule has 0 bridgehead atoms. The van der Waals surface area contributed by atoms with Gasteiger partial charge in [0.15, 0.2) is 0 Å². The van der Waals surface area contributed by atoms with Gasteiger partial charge in [-0.2, -0.15) is 0 Å². The number of hydrogen-bond acceptors (Lipinski definition) is 10. The molecule has 4 rings (SSSR count). The van der Waals surface area contributed by atoms with Crippen LogP contribution in [0.2, 0.25) is 5.15 Å². The number of aromatic nitrogens is 5. The molecule has 1 aliphatic heterocycles. The Hall–Kier alpha value is -2.04. The van der Waals surface area contributed by atoms with E-state index in [1.165, 1.54) is 27.8 Å². The summed E-state index contributed by atoms with van der Waals surface area (Å²) in [7, 11) is 0. The number of terminal acetylenes is 1. The molecule has 156 valence electrons. The zero-order valence-corrected chi connectivity index (χ0v) is 17.6. The van der Waals surface area contributed by atoms with Crippen LogP contribution < -0.4 is 0 Å². The first-order valence-corrected chi connectivity index (χ1v) is 10.9. The number of hydrogen-bond donors (Lipinski definition) is 3. The number of aliphatic hydroxyl groups excluding tert-OH is 3. The van der Waals surface area contributed by atoms with E-state index in [1.54, 1.807) is 30.0 Å². The lowest BCUT2D eigenvalue weighted by Gasteiger charge is -2.41. The van der Waals surface area contributed by atoms with Crippen LogP contribution in [-0.2, 0) is 4.74 Å². The van der Waals surface area contributed by atoms with E-state index in [-0.39, 0.29) is 0 Å². The van der Waals surface area contributed by atoms with E-state index in [2.05, 4.69) is 26.2 Å². The summed E-state index contributed by atoms with van der Waals surface area (Å²) < 4.78 is 7.08. The van der Waals surface area contributed by atoms with Gasteiger partial charge in [-0.1, -0.05) is 34.5 Å². The normalized spacial score (nSPS) is 26.4. The molecule has 9 nitrogen and oxygen atoms in total. The van der Waals surface area contributed by atoms with Gasteiger partial charge < -0.3 is 20.1 Å². The second kappa shape index (κ2) is 8.99. The number of aliphatic hydroxyl groups is 3. The van der Waals surface area contributed by atoms with Gasteiger partial charge in [0.25, 0.3) is 0 Å². The third-order valence-electron chi connectivity index (χ3n) is 4.49. The van der Waals surface area contributed by atoms with Crippen molar-refractivity contribution in [3.63, 3.8) is 0 Å². The fraction of sp³-hybridized carbons (Fsp3) is 0.333. The Morgan fingerprint density at radius 1 is 1.33 bits per heavy atom. The van der Waals surface area contributed by atoms with Crippen molar-refractivity contribution in [1.29, 1.82) is 0 Å². The predicted octanol–water partition coefficient (Wildman–Crippen LogP) is 1.20. The van der Waals surface area contributed by atoms with Gasteiger partial charge in [0.05, 0.1) is 12.8 Å². The van der Waals surface area contributed by atoms with Crippen molar-refractivity contribution >= 4 is 34.7 Å². The van der Waals surface area contributed by atoms with E-state index >= 15 is 0 Å². The third-order valence-corrected chi connectivity index (χ3v) is 6.80. The average Bonchev–Trinajstić information content (AvgIpc) is 3.39. The van der Waals surface area contributed by atoms with Gasteiger partial charge in [0.1, 0.15) is 45.6 Å². The Morgan fingerprint density at radius 3 is 2.87 bits per heavy atom. The Bertz CT molecular complexity index is 1070. The molecule has 0 aliphatic carbocycles. The zero-order chi connectivity index (χ0) is 21.3. The van der Waals surface area contributed by atoms with Gasteiger partial charge in [-0.05, 0) is 6.07 Å². The summed E-state index contributed by atoms with van der Waals surface area (Å²) in [5, 5.41) is 42.0. The van der Waals surface area contributed by atoms with E-state index in [0.29, 0.717) is 26.3 Å². The molecule has 0 radical (unpaired) electrons. The Morgan fingerprint density at radius 2 is 2.17 bits per heavy atom. The van der Waals surface area contributed by atoms with Gasteiger partial charge in [0, 0.05) is 28.2 Å². The molecule has 5 unspecified atom stereocenters. The van der Waals surface area contributed by atoms with Gasteiger partial charge in [-0.25, -0.2) is 9.67 Å². The lowest BCUT2D eigenvalue weighted by molar-refractivity contribution is -0.178. The fourth-order valence-corrected chi connectivity index (χ4v) is 5.05. The molecule has 5 atom stereocenters. The summed E-state index contributed by atoms with van der Waals surface area (Å²) in [5.74, 6) is 2.50. The molecule has 30 heavy (non-hydrogen) atoms. The zero-order valence-electron chi connectivity index (χ0n) is 15.2. The molecule has 0 spiro atoms. The van der Waals surface area contributed by atoms with Gasteiger partial charge in [0.2, 0.25) is 0 Å². The van der Waals surface area contributed by atoms with Crippen LogP contribution in [0.1, 0.15) is 11.6 Å². The van der Waals surface area contributed by atoms with Crippen LogP contribution in [0.15, 0.2) is 34.9 Å². The van der Waals surface area contributed by atoms with Crippen molar-refractivity contribution in [2.75, 3.05) is 6.61 Å². The predicted molar refractivity (Wildman–Crippen MR) is 111 cm³/mol. The molecular weight excluding hydrogens is 450 g/mol. The largest absolute Gasteiger partial charge is 0.394 e. The van der Waals surface area contributed by atoms with Crippen molar-refractivity contribution in [3.8, 4) is 23.0 Å². The molecule has 0 aromatic carbocycles. The second-order valence-electron chi connectivity index (χ2n) is 6.43. The maximum Gasteiger partial charge on any atom is 0.147 e. The SMILES string of the molecule is C#Cc1cncc(SC2OC(CO)C(O)C(n3cc(-c4nc(Cl)cs4)nn3)C2O)c1. The van der Waals surface area contributed by atoms with Gasteiger partial charge in [-0.15, -0.1) is 22.9 Å². The van der Waals surface area contributed by atoms with Crippen LogP contribution in [0.25, 0.3) is 10.7 Å². The highest BCUT2D eigenvalue weighted by Crippen LogP contribution is 2.38. The summed E-state index contributed by atoms with van der Waals surface area (Å²) in [5.41, 5.74) is 0.226. The van der Waals surface area contributed by atoms with E-state index in [9.17, 15) is 15.3 Å². The molecule has 1 fully saturated rings. The second-order valence-corrected chi connectivity index (χ2v) is 8.85. The van der Waals surface area contributed by atoms with E-state index in [4.69, 9.17) is 22.8 Å². The van der Waals surface area contributed by atoms with Crippen molar-refractivity contribution in [2.24, 2.45) is 0 Å². The lowest BCUT2D eigenvalue weighted by atomic mass is 9.97. The van der Waals surface area contributed by atoms with Crippen molar-refractivity contribution in [2.45, 2.75) is 34.7 Å². The summed E-state index contributed by atoms with van der Waals surface area (Å²) in [4.78, 5) is 8.90. The molecule has 3 aromatic rings. The van der Waals surface area contributed by atoms with Crippen LogP contribution in [0.3, 0.4) is 0 Å². The molecule has 1 saturated heterocycles. The number of pyridine rings is 1.